The van der Waals surface area contributed by atoms with Gasteiger partial charge in [0.25, 0.3) is 5.91 Å². The third-order valence-electron chi connectivity index (χ3n) is 3.95. The summed E-state index contributed by atoms with van der Waals surface area (Å²) in [5, 5.41) is 12.9. The maximum Gasteiger partial charge on any atom is 0.416 e. The van der Waals surface area contributed by atoms with E-state index in [-0.39, 0.29) is 21.6 Å². The van der Waals surface area contributed by atoms with Gasteiger partial charge in [0, 0.05) is 0 Å². The van der Waals surface area contributed by atoms with Gasteiger partial charge in [-0.05, 0) is 37.3 Å². The molecule has 2 amide bonds. The zero-order valence-electron chi connectivity index (χ0n) is 16.9. The molecule has 0 unspecified atom stereocenters. The van der Waals surface area contributed by atoms with Crippen LogP contribution in [0.4, 0.5) is 24.0 Å². The first-order chi connectivity index (χ1) is 15.7. The number of amides is 2. The number of para-hydroxylation sites is 1. The first-order valence-electron chi connectivity index (χ1n) is 9.33. The minimum absolute atomic E-state index is 0.0189. The van der Waals surface area contributed by atoms with E-state index < -0.39 is 23.6 Å². The molecule has 0 saturated heterocycles. The number of ether oxygens (including phenoxy) is 1. The summed E-state index contributed by atoms with van der Waals surface area (Å²) in [6, 6.07) is 9.40. The average Bonchev–Trinajstić information content (AvgIpc) is 3.21. The number of hydrogen-bond acceptors (Lipinski definition) is 7. The van der Waals surface area contributed by atoms with E-state index >= 15 is 0 Å². The molecule has 0 fully saturated rings. The van der Waals surface area contributed by atoms with Gasteiger partial charge < -0.3 is 10.1 Å². The lowest BCUT2D eigenvalue weighted by Crippen LogP contribution is -2.15. The summed E-state index contributed by atoms with van der Waals surface area (Å²) in [6.45, 7) is 2.21. The molecule has 1 aromatic heterocycles. The molecule has 0 saturated carbocycles. The van der Waals surface area contributed by atoms with Crippen LogP contribution in [0.25, 0.3) is 0 Å². The second kappa shape index (κ2) is 10.9. The molecule has 3 aromatic rings. The molecule has 0 bridgehead atoms. The number of anilines is 2. The summed E-state index contributed by atoms with van der Waals surface area (Å²) >= 11 is 7.94. The summed E-state index contributed by atoms with van der Waals surface area (Å²) in [6.07, 6.45) is -4.56. The van der Waals surface area contributed by atoms with Crippen molar-refractivity contribution in [2.45, 2.75) is 17.4 Å². The molecule has 0 aliphatic carbocycles. The molecule has 174 valence electrons. The Morgan fingerprint density at radius 1 is 1.15 bits per heavy atom. The Labute approximate surface area is 199 Å². The van der Waals surface area contributed by atoms with E-state index in [0.29, 0.717) is 22.3 Å². The molecular formula is C20H16ClF3N4O3S2. The smallest absolute Gasteiger partial charge is 0.416 e. The van der Waals surface area contributed by atoms with Crippen LogP contribution >= 0.6 is 34.7 Å². The zero-order chi connectivity index (χ0) is 24.0. The van der Waals surface area contributed by atoms with E-state index in [1.807, 2.05) is 0 Å². The van der Waals surface area contributed by atoms with Crippen molar-refractivity contribution in [3.05, 3.63) is 58.6 Å². The minimum atomic E-state index is -4.56. The fourth-order valence-corrected chi connectivity index (χ4v) is 4.24. The van der Waals surface area contributed by atoms with Crippen LogP contribution in [0.15, 0.2) is 46.8 Å². The van der Waals surface area contributed by atoms with E-state index in [1.165, 1.54) is 0 Å². The lowest BCUT2D eigenvalue weighted by Gasteiger charge is -2.11. The minimum Gasteiger partial charge on any atom is -0.493 e. The van der Waals surface area contributed by atoms with Gasteiger partial charge in [0.1, 0.15) is 5.75 Å². The SMILES string of the molecule is CCOc1ccccc1C(=O)Nc1nnc(SCC(=O)Nc2cc(C(F)(F)F)ccc2Cl)s1. The molecule has 0 aliphatic rings. The average molecular weight is 517 g/mol. The van der Waals surface area contributed by atoms with Gasteiger partial charge in [0.2, 0.25) is 11.0 Å². The quantitative estimate of drug-likeness (QED) is 0.299. The fourth-order valence-electron chi connectivity index (χ4n) is 2.53. The number of rotatable bonds is 8. The number of hydrogen-bond donors (Lipinski definition) is 2. The zero-order valence-corrected chi connectivity index (χ0v) is 19.3. The number of halogens is 4. The van der Waals surface area contributed by atoms with Crippen molar-refractivity contribution >= 4 is 57.3 Å². The normalized spacial score (nSPS) is 11.2. The van der Waals surface area contributed by atoms with Crippen molar-refractivity contribution in [3.8, 4) is 5.75 Å². The molecule has 2 aromatic carbocycles. The molecule has 13 heteroatoms. The maximum atomic E-state index is 12.9. The van der Waals surface area contributed by atoms with E-state index in [0.717, 1.165) is 41.3 Å². The predicted molar refractivity (Wildman–Crippen MR) is 121 cm³/mol. The number of thioether (sulfide) groups is 1. The number of benzene rings is 2. The molecule has 2 N–H and O–H groups in total. The standard InChI is InChI=1S/C20H16ClF3N4O3S2/c1-2-31-15-6-4-3-5-12(15)17(30)26-18-27-28-19(33-18)32-10-16(29)25-14-9-11(20(22,23)24)7-8-13(14)21/h3-9H,2,10H2,1H3,(H,25,29)(H,26,27,30). The lowest BCUT2D eigenvalue weighted by atomic mass is 10.2. The van der Waals surface area contributed by atoms with Gasteiger partial charge in [0.15, 0.2) is 4.34 Å². The van der Waals surface area contributed by atoms with Gasteiger partial charge >= 0.3 is 6.18 Å². The van der Waals surface area contributed by atoms with Crippen molar-refractivity contribution in [2.75, 3.05) is 23.0 Å². The number of carbonyl (C=O) groups is 2. The van der Waals surface area contributed by atoms with Crippen molar-refractivity contribution < 1.29 is 27.5 Å². The first-order valence-corrected chi connectivity index (χ1v) is 11.5. The second-order valence-electron chi connectivity index (χ2n) is 6.29. The van der Waals surface area contributed by atoms with Crippen LogP contribution in [-0.4, -0.2) is 34.4 Å². The Morgan fingerprint density at radius 3 is 2.64 bits per heavy atom. The number of carbonyl (C=O) groups excluding carboxylic acids is 2. The fraction of sp³-hybridized carbons (Fsp3) is 0.200. The lowest BCUT2D eigenvalue weighted by molar-refractivity contribution is -0.137. The van der Waals surface area contributed by atoms with Crippen LogP contribution in [0.1, 0.15) is 22.8 Å². The van der Waals surface area contributed by atoms with Crippen LogP contribution in [0.5, 0.6) is 5.75 Å². The summed E-state index contributed by atoms with van der Waals surface area (Å²) in [4.78, 5) is 24.7. The molecule has 0 spiro atoms. The third-order valence-corrected chi connectivity index (χ3v) is 6.25. The second-order valence-corrected chi connectivity index (χ2v) is 8.89. The van der Waals surface area contributed by atoms with Crippen molar-refractivity contribution in [1.82, 2.24) is 10.2 Å². The molecule has 33 heavy (non-hydrogen) atoms. The highest BCUT2D eigenvalue weighted by Crippen LogP contribution is 2.34. The van der Waals surface area contributed by atoms with E-state index in [1.54, 1.807) is 31.2 Å². The Morgan fingerprint density at radius 2 is 1.91 bits per heavy atom. The number of aromatic nitrogens is 2. The van der Waals surface area contributed by atoms with Crippen LogP contribution < -0.4 is 15.4 Å². The van der Waals surface area contributed by atoms with Gasteiger partial charge in [0.05, 0.1) is 34.2 Å². The van der Waals surface area contributed by atoms with Crippen LogP contribution in [0, 0.1) is 0 Å². The highest BCUT2D eigenvalue weighted by molar-refractivity contribution is 8.01. The van der Waals surface area contributed by atoms with Gasteiger partial charge in [-0.15, -0.1) is 10.2 Å². The molecule has 7 nitrogen and oxygen atoms in total. The van der Waals surface area contributed by atoms with Crippen LogP contribution in [-0.2, 0) is 11.0 Å². The predicted octanol–water partition coefficient (Wildman–Crippen LogP) is 5.59. The molecular weight excluding hydrogens is 501 g/mol. The third kappa shape index (κ3) is 6.83. The summed E-state index contributed by atoms with van der Waals surface area (Å²) in [5.74, 6) is -0.722. The van der Waals surface area contributed by atoms with E-state index in [2.05, 4.69) is 20.8 Å². The van der Waals surface area contributed by atoms with Gasteiger partial charge in [-0.25, -0.2) is 0 Å². The number of nitrogens with zero attached hydrogens (tertiary/aromatic N) is 2. The van der Waals surface area contributed by atoms with Gasteiger partial charge in [-0.3, -0.25) is 14.9 Å². The summed E-state index contributed by atoms with van der Waals surface area (Å²) in [5.41, 5.74) is -0.735. The summed E-state index contributed by atoms with van der Waals surface area (Å²) < 4.78 is 44.4. The van der Waals surface area contributed by atoms with Gasteiger partial charge in [-0.1, -0.05) is 46.8 Å². The topological polar surface area (TPSA) is 93.2 Å². The first kappa shape index (κ1) is 24.8. The Hall–Kier alpha value is -2.83. The van der Waals surface area contributed by atoms with Gasteiger partial charge in [-0.2, -0.15) is 13.2 Å². The Kier molecular flexibility index (Phi) is 8.16. The van der Waals surface area contributed by atoms with Crippen molar-refractivity contribution in [1.29, 1.82) is 0 Å². The molecule has 0 aliphatic heterocycles. The number of nitrogens with one attached hydrogen (secondary N) is 2. The van der Waals surface area contributed by atoms with E-state index in [4.69, 9.17) is 16.3 Å². The molecule has 3 rings (SSSR count). The Bertz CT molecular complexity index is 1160. The Balaban J connectivity index is 1.57. The molecule has 1 heterocycles. The highest BCUT2D eigenvalue weighted by atomic mass is 35.5. The molecule has 0 radical (unpaired) electrons. The largest absolute Gasteiger partial charge is 0.493 e. The van der Waals surface area contributed by atoms with Crippen molar-refractivity contribution in [2.24, 2.45) is 0 Å². The maximum absolute atomic E-state index is 12.9. The monoisotopic (exact) mass is 516 g/mol. The van der Waals surface area contributed by atoms with Crippen LogP contribution in [0.3, 0.4) is 0 Å². The van der Waals surface area contributed by atoms with E-state index in [9.17, 15) is 22.8 Å². The van der Waals surface area contributed by atoms with Crippen molar-refractivity contribution in [3.63, 3.8) is 0 Å². The highest BCUT2D eigenvalue weighted by Gasteiger charge is 2.31. The molecule has 0 atom stereocenters. The number of alkyl halides is 3. The summed E-state index contributed by atoms with van der Waals surface area (Å²) in [7, 11) is 0. The van der Waals surface area contributed by atoms with Crippen LogP contribution in [0.2, 0.25) is 5.02 Å².